The van der Waals surface area contributed by atoms with Gasteiger partial charge in [-0.05, 0) is 72.6 Å². The quantitative estimate of drug-likeness (QED) is 0.484. The Kier molecular flexibility index (Phi) is 6.29. The Balaban J connectivity index is 1.07. The van der Waals surface area contributed by atoms with E-state index in [9.17, 15) is 9.59 Å². The molecule has 2 fully saturated rings. The van der Waals surface area contributed by atoms with Gasteiger partial charge in [0.15, 0.2) is 0 Å². The summed E-state index contributed by atoms with van der Waals surface area (Å²) in [5.41, 5.74) is 4.59. The van der Waals surface area contributed by atoms with Crippen LogP contribution in [0.4, 0.5) is 0 Å². The van der Waals surface area contributed by atoms with Crippen LogP contribution in [0.15, 0.2) is 72.8 Å². The second-order valence-corrected chi connectivity index (χ2v) is 11.3. The standard InChI is InChI=1S/C31H32ClN3O2/c1-31(27-8-4-2-6-25(27)26-7-3-5-9-28(26)31)30(37)33-18-29(36)34-22-16-23-14-15-24(17-22)35(23)19-20-10-12-21(32)13-11-20/h2-13,22-24H,14-19H2,1H3,(H,33,37)(H,34,36)/t22-,23+,24-. The summed E-state index contributed by atoms with van der Waals surface area (Å²) in [5, 5.41) is 6.92. The van der Waals surface area contributed by atoms with Gasteiger partial charge in [0.1, 0.15) is 0 Å². The molecule has 2 heterocycles. The van der Waals surface area contributed by atoms with Crippen molar-refractivity contribution in [3.8, 4) is 11.1 Å². The van der Waals surface area contributed by atoms with Gasteiger partial charge in [-0.3, -0.25) is 14.5 Å². The van der Waals surface area contributed by atoms with Crippen molar-refractivity contribution in [2.75, 3.05) is 6.54 Å². The SMILES string of the molecule is CC1(C(=O)NCC(=O)N[C@H]2C[C@H]3CC[C@@H](C2)N3Cc2ccc(Cl)cc2)c2ccccc2-c2ccccc21. The topological polar surface area (TPSA) is 61.4 Å². The number of nitrogens with one attached hydrogen (secondary N) is 2. The molecule has 2 saturated heterocycles. The molecule has 2 aliphatic heterocycles. The van der Waals surface area contributed by atoms with Gasteiger partial charge < -0.3 is 10.6 Å². The number of carbonyl (C=O) groups excluding carboxylic acids is 2. The highest BCUT2D eigenvalue weighted by Crippen LogP contribution is 2.48. The van der Waals surface area contributed by atoms with E-state index in [4.69, 9.17) is 11.6 Å². The summed E-state index contributed by atoms with van der Waals surface area (Å²) in [6.07, 6.45) is 4.22. The number of hydrogen-bond donors (Lipinski definition) is 2. The first-order valence-electron chi connectivity index (χ1n) is 13.2. The van der Waals surface area contributed by atoms with Crippen molar-refractivity contribution in [1.82, 2.24) is 15.5 Å². The van der Waals surface area contributed by atoms with Gasteiger partial charge in [0.05, 0.1) is 12.0 Å². The highest BCUT2D eigenvalue weighted by molar-refractivity contribution is 6.30. The minimum atomic E-state index is -0.820. The van der Waals surface area contributed by atoms with Crippen LogP contribution >= 0.6 is 11.6 Å². The molecule has 2 amide bonds. The molecule has 0 unspecified atom stereocenters. The van der Waals surface area contributed by atoms with E-state index in [1.54, 1.807) is 0 Å². The molecule has 3 aromatic carbocycles. The number of piperidine rings is 1. The fourth-order valence-corrected chi connectivity index (χ4v) is 6.89. The molecule has 0 saturated carbocycles. The zero-order valence-corrected chi connectivity index (χ0v) is 21.8. The molecule has 3 aromatic rings. The lowest BCUT2D eigenvalue weighted by Crippen LogP contribution is -2.52. The Morgan fingerprint density at radius 2 is 1.46 bits per heavy atom. The van der Waals surface area contributed by atoms with Gasteiger partial charge >= 0.3 is 0 Å². The Morgan fingerprint density at radius 1 is 0.892 bits per heavy atom. The van der Waals surface area contributed by atoms with Crippen LogP contribution in [0, 0.1) is 0 Å². The molecule has 5 nitrogen and oxygen atoms in total. The van der Waals surface area contributed by atoms with Crippen LogP contribution in [0.25, 0.3) is 11.1 Å². The number of nitrogens with zero attached hydrogens (tertiary/aromatic N) is 1. The fraction of sp³-hybridized carbons (Fsp3) is 0.355. The maximum absolute atomic E-state index is 13.5. The summed E-state index contributed by atoms with van der Waals surface area (Å²) < 4.78 is 0. The summed E-state index contributed by atoms with van der Waals surface area (Å²) >= 11 is 6.05. The molecule has 3 aliphatic rings. The normalized spacial score (nSPS) is 23.2. The van der Waals surface area contributed by atoms with Crippen LogP contribution < -0.4 is 10.6 Å². The van der Waals surface area contributed by atoms with Gasteiger partial charge in [-0.1, -0.05) is 72.3 Å². The van der Waals surface area contributed by atoms with Gasteiger partial charge in [-0.25, -0.2) is 0 Å². The lowest BCUT2D eigenvalue weighted by molar-refractivity contribution is -0.128. The zero-order chi connectivity index (χ0) is 25.6. The van der Waals surface area contributed by atoms with Gasteiger partial charge in [0.2, 0.25) is 11.8 Å². The molecule has 6 rings (SSSR count). The van der Waals surface area contributed by atoms with E-state index in [1.807, 2.05) is 55.5 Å². The molecule has 0 aromatic heterocycles. The van der Waals surface area contributed by atoms with E-state index in [0.29, 0.717) is 12.1 Å². The third-order valence-electron chi connectivity index (χ3n) is 8.61. The number of fused-ring (bicyclic) bond motifs is 5. The van der Waals surface area contributed by atoms with Crippen LogP contribution in [-0.4, -0.2) is 41.4 Å². The second-order valence-electron chi connectivity index (χ2n) is 10.8. The maximum Gasteiger partial charge on any atom is 0.239 e. The van der Waals surface area contributed by atoms with E-state index in [-0.39, 0.29) is 24.4 Å². The highest BCUT2D eigenvalue weighted by Gasteiger charge is 2.45. The van der Waals surface area contributed by atoms with Gasteiger partial charge in [-0.2, -0.15) is 0 Å². The predicted octanol–water partition coefficient (Wildman–Crippen LogP) is 5.05. The van der Waals surface area contributed by atoms with E-state index < -0.39 is 5.41 Å². The summed E-state index contributed by atoms with van der Waals surface area (Å²) in [6, 6.07) is 25.3. The Morgan fingerprint density at radius 3 is 2.05 bits per heavy atom. The molecule has 3 atom stereocenters. The zero-order valence-electron chi connectivity index (χ0n) is 21.0. The Hall–Kier alpha value is -3.15. The Bertz CT molecular complexity index is 1280. The highest BCUT2D eigenvalue weighted by atomic mass is 35.5. The average molecular weight is 514 g/mol. The predicted molar refractivity (Wildman–Crippen MR) is 146 cm³/mol. The summed E-state index contributed by atoms with van der Waals surface area (Å²) in [4.78, 5) is 29.0. The van der Waals surface area contributed by atoms with E-state index in [0.717, 1.165) is 46.7 Å². The third-order valence-corrected chi connectivity index (χ3v) is 8.87. The summed E-state index contributed by atoms with van der Waals surface area (Å²) in [6.45, 7) is 2.86. The first kappa shape index (κ1) is 24.2. The first-order chi connectivity index (χ1) is 17.9. The monoisotopic (exact) mass is 513 g/mol. The number of hydrogen-bond acceptors (Lipinski definition) is 3. The number of rotatable bonds is 6. The third kappa shape index (κ3) is 4.34. The van der Waals surface area contributed by atoms with Crippen molar-refractivity contribution in [2.45, 2.75) is 62.7 Å². The summed E-state index contributed by atoms with van der Waals surface area (Å²) in [5.74, 6) is -0.259. The molecule has 190 valence electrons. The van der Waals surface area contributed by atoms with Crippen LogP contribution in [0.2, 0.25) is 5.02 Å². The van der Waals surface area contributed by atoms with Crippen LogP contribution in [0.5, 0.6) is 0 Å². The van der Waals surface area contributed by atoms with Crippen LogP contribution in [0.1, 0.15) is 49.3 Å². The molecule has 6 heteroatoms. The second kappa shape index (κ2) is 9.62. The molecule has 0 radical (unpaired) electrons. The first-order valence-corrected chi connectivity index (χ1v) is 13.6. The van der Waals surface area contributed by atoms with Crippen LogP contribution in [-0.2, 0) is 21.5 Å². The van der Waals surface area contributed by atoms with E-state index in [1.165, 1.54) is 18.4 Å². The van der Waals surface area contributed by atoms with Gasteiger partial charge in [0.25, 0.3) is 0 Å². The summed E-state index contributed by atoms with van der Waals surface area (Å²) in [7, 11) is 0. The fourth-order valence-electron chi connectivity index (χ4n) is 6.76. The van der Waals surface area contributed by atoms with Crippen molar-refractivity contribution in [1.29, 1.82) is 0 Å². The number of carbonyl (C=O) groups is 2. The van der Waals surface area contributed by atoms with Gasteiger partial charge in [-0.15, -0.1) is 0 Å². The smallest absolute Gasteiger partial charge is 0.239 e. The van der Waals surface area contributed by atoms with Crippen molar-refractivity contribution in [2.24, 2.45) is 0 Å². The lowest BCUT2D eigenvalue weighted by atomic mass is 9.79. The lowest BCUT2D eigenvalue weighted by Gasteiger charge is -2.39. The molecule has 0 spiro atoms. The minimum Gasteiger partial charge on any atom is -0.352 e. The Labute approximate surface area is 223 Å². The molecule has 2 bridgehead atoms. The van der Waals surface area contributed by atoms with Crippen molar-refractivity contribution in [3.05, 3.63) is 94.5 Å². The maximum atomic E-state index is 13.5. The van der Waals surface area contributed by atoms with Crippen molar-refractivity contribution in [3.63, 3.8) is 0 Å². The molecule has 37 heavy (non-hydrogen) atoms. The largest absolute Gasteiger partial charge is 0.352 e. The minimum absolute atomic E-state index is 0.0148. The van der Waals surface area contributed by atoms with E-state index in [2.05, 4.69) is 39.8 Å². The van der Waals surface area contributed by atoms with Gasteiger partial charge in [0, 0.05) is 29.7 Å². The van der Waals surface area contributed by atoms with E-state index >= 15 is 0 Å². The number of amides is 2. The number of halogens is 1. The number of benzene rings is 3. The molecule has 1 aliphatic carbocycles. The molecule has 2 N–H and O–H groups in total. The van der Waals surface area contributed by atoms with Crippen LogP contribution in [0.3, 0.4) is 0 Å². The average Bonchev–Trinajstić information content (AvgIpc) is 3.30. The van der Waals surface area contributed by atoms with Crippen molar-refractivity contribution >= 4 is 23.4 Å². The molecular formula is C31H32ClN3O2. The molecular weight excluding hydrogens is 482 g/mol. The van der Waals surface area contributed by atoms with Crippen molar-refractivity contribution < 1.29 is 9.59 Å².